The number of nitrogens with zero attached hydrogens (tertiary/aromatic N) is 1. The van der Waals surface area contributed by atoms with Gasteiger partial charge in [0.05, 0.1) is 19.8 Å². The Morgan fingerprint density at radius 3 is 2.32 bits per heavy atom. The van der Waals surface area contributed by atoms with E-state index < -0.39 is 0 Å². The SMILES string of the molecule is COc1ccc(/C=C2\Oc3c(cc4c(c3C)OCN(CCc3ccc(OC)cc3)C4)C2=O)cc1. The van der Waals surface area contributed by atoms with Crippen molar-refractivity contribution in [2.24, 2.45) is 0 Å². The summed E-state index contributed by atoms with van der Waals surface area (Å²) in [7, 11) is 3.30. The molecule has 0 atom stereocenters. The molecule has 174 valence electrons. The number of hydrogen-bond donors (Lipinski definition) is 0. The lowest BCUT2D eigenvalue weighted by Crippen LogP contribution is -2.34. The zero-order valence-electron chi connectivity index (χ0n) is 19.6. The van der Waals surface area contributed by atoms with Crippen molar-refractivity contribution in [1.82, 2.24) is 4.90 Å². The summed E-state index contributed by atoms with van der Waals surface area (Å²) in [5.74, 6) is 3.25. The molecule has 0 aromatic heterocycles. The standard InChI is InChI=1S/C28H27NO5/c1-18-27-21(16-29(17-33-27)13-12-19-4-8-22(31-2)9-5-19)15-24-26(30)25(34-28(18)24)14-20-6-10-23(32-3)11-7-20/h4-11,14-15H,12-13,16-17H2,1-3H3/b25-14-. The fraction of sp³-hybridized carbons (Fsp3) is 0.250. The highest BCUT2D eigenvalue weighted by Crippen LogP contribution is 2.43. The number of fused-ring (bicyclic) bond motifs is 2. The van der Waals surface area contributed by atoms with Gasteiger partial charge in [-0.05, 0) is 60.9 Å². The molecule has 34 heavy (non-hydrogen) atoms. The number of methoxy groups -OCH3 is 2. The molecule has 0 saturated heterocycles. The molecule has 6 nitrogen and oxygen atoms in total. The van der Waals surface area contributed by atoms with Gasteiger partial charge in [-0.25, -0.2) is 0 Å². The van der Waals surface area contributed by atoms with Crippen LogP contribution in [0.3, 0.4) is 0 Å². The minimum Gasteiger partial charge on any atom is -0.497 e. The van der Waals surface area contributed by atoms with Crippen LogP contribution in [0, 0.1) is 6.92 Å². The second-order valence-electron chi connectivity index (χ2n) is 8.50. The van der Waals surface area contributed by atoms with Gasteiger partial charge in [0.1, 0.15) is 29.7 Å². The molecule has 0 fully saturated rings. The van der Waals surface area contributed by atoms with Crippen LogP contribution in [0.1, 0.15) is 32.6 Å². The van der Waals surface area contributed by atoms with Gasteiger partial charge in [0, 0.05) is 24.2 Å². The molecule has 5 rings (SSSR count). The van der Waals surface area contributed by atoms with Gasteiger partial charge in [-0.15, -0.1) is 0 Å². The topological polar surface area (TPSA) is 57.2 Å². The average molecular weight is 458 g/mol. The molecule has 3 aromatic carbocycles. The van der Waals surface area contributed by atoms with Crippen molar-refractivity contribution in [3.63, 3.8) is 0 Å². The lowest BCUT2D eigenvalue weighted by atomic mass is 10.00. The summed E-state index contributed by atoms with van der Waals surface area (Å²) in [6.07, 6.45) is 2.67. The Morgan fingerprint density at radius 2 is 1.65 bits per heavy atom. The van der Waals surface area contributed by atoms with E-state index in [1.165, 1.54) is 5.56 Å². The maximum absolute atomic E-state index is 13.1. The van der Waals surface area contributed by atoms with Crippen LogP contribution in [0.5, 0.6) is 23.0 Å². The highest BCUT2D eigenvalue weighted by Gasteiger charge is 2.33. The third-order valence-corrected chi connectivity index (χ3v) is 6.29. The fourth-order valence-corrected chi connectivity index (χ4v) is 4.37. The number of carbonyl (C=O) groups is 1. The Morgan fingerprint density at radius 1 is 0.971 bits per heavy atom. The van der Waals surface area contributed by atoms with Gasteiger partial charge >= 0.3 is 0 Å². The summed E-state index contributed by atoms with van der Waals surface area (Å²) < 4.78 is 22.6. The lowest BCUT2D eigenvalue weighted by molar-refractivity contribution is 0.0954. The minimum absolute atomic E-state index is 0.105. The van der Waals surface area contributed by atoms with Crippen LogP contribution >= 0.6 is 0 Å². The van der Waals surface area contributed by atoms with Gasteiger partial charge in [0.2, 0.25) is 5.78 Å². The number of Topliss-reactive ketones (excluding diaryl/α,β-unsaturated/α-hetero) is 1. The molecule has 0 aliphatic carbocycles. The van der Waals surface area contributed by atoms with Crippen LogP contribution < -0.4 is 18.9 Å². The smallest absolute Gasteiger partial charge is 0.231 e. The van der Waals surface area contributed by atoms with Crippen LogP contribution in [0.2, 0.25) is 0 Å². The second kappa shape index (κ2) is 9.23. The highest BCUT2D eigenvalue weighted by molar-refractivity contribution is 6.15. The molecule has 6 heteroatoms. The van der Waals surface area contributed by atoms with Gasteiger partial charge < -0.3 is 18.9 Å². The fourth-order valence-electron chi connectivity index (χ4n) is 4.37. The van der Waals surface area contributed by atoms with Crippen LogP contribution in [-0.4, -0.2) is 38.2 Å². The van der Waals surface area contributed by atoms with Gasteiger partial charge in [-0.3, -0.25) is 9.69 Å². The Labute approximate surface area is 199 Å². The molecule has 2 aliphatic heterocycles. The molecule has 0 radical (unpaired) electrons. The van der Waals surface area contributed by atoms with Crippen molar-refractivity contribution in [2.75, 3.05) is 27.5 Å². The van der Waals surface area contributed by atoms with Crippen molar-refractivity contribution in [3.8, 4) is 23.0 Å². The van der Waals surface area contributed by atoms with E-state index in [1.807, 2.05) is 49.4 Å². The largest absolute Gasteiger partial charge is 0.497 e. The van der Waals surface area contributed by atoms with Crippen LogP contribution in [0.4, 0.5) is 0 Å². The quantitative estimate of drug-likeness (QED) is 0.485. The summed E-state index contributed by atoms with van der Waals surface area (Å²) in [5.41, 5.74) is 4.60. The van der Waals surface area contributed by atoms with Gasteiger partial charge in [-0.2, -0.15) is 0 Å². The number of benzene rings is 3. The average Bonchev–Trinajstić information content (AvgIpc) is 3.18. The predicted octanol–water partition coefficient (Wildman–Crippen LogP) is 5.02. The molecule has 0 saturated carbocycles. The maximum Gasteiger partial charge on any atom is 0.231 e. The second-order valence-corrected chi connectivity index (χ2v) is 8.50. The molecular formula is C28H27NO5. The lowest BCUT2D eigenvalue weighted by Gasteiger charge is -2.30. The molecule has 0 unspecified atom stereocenters. The third kappa shape index (κ3) is 4.24. The molecule has 0 amide bonds. The Kier molecular flexibility index (Phi) is 5.99. The van der Waals surface area contributed by atoms with E-state index in [1.54, 1.807) is 20.3 Å². The monoisotopic (exact) mass is 457 g/mol. The van der Waals surface area contributed by atoms with E-state index in [0.29, 0.717) is 23.8 Å². The summed E-state index contributed by atoms with van der Waals surface area (Å²) in [5, 5.41) is 0. The first kappa shape index (κ1) is 22.0. The number of rotatable bonds is 6. The number of ketones is 1. The number of allylic oxidation sites excluding steroid dienone is 1. The molecule has 2 aliphatic rings. The number of hydrogen-bond acceptors (Lipinski definition) is 6. The molecule has 0 spiro atoms. The van der Waals surface area contributed by atoms with E-state index in [-0.39, 0.29) is 5.78 Å². The van der Waals surface area contributed by atoms with Crippen LogP contribution in [0.25, 0.3) is 6.08 Å². The molecule has 0 bridgehead atoms. The molecule has 3 aromatic rings. The summed E-state index contributed by atoms with van der Waals surface area (Å²) in [6.45, 7) is 4.04. The zero-order valence-corrected chi connectivity index (χ0v) is 19.6. The van der Waals surface area contributed by atoms with Gasteiger partial charge in [0.15, 0.2) is 5.76 Å². The van der Waals surface area contributed by atoms with Crippen molar-refractivity contribution in [3.05, 3.63) is 88.2 Å². The normalized spacial score (nSPS) is 16.0. The minimum atomic E-state index is -0.105. The zero-order chi connectivity index (χ0) is 23.7. The van der Waals surface area contributed by atoms with Crippen LogP contribution in [0.15, 0.2) is 60.4 Å². The first-order valence-electron chi connectivity index (χ1n) is 11.3. The Balaban J connectivity index is 1.32. The van der Waals surface area contributed by atoms with E-state index >= 15 is 0 Å². The predicted molar refractivity (Wildman–Crippen MR) is 130 cm³/mol. The van der Waals surface area contributed by atoms with Crippen molar-refractivity contribution >= 4 is 11.9 Å². The summed E-state index contributed by atoms with van der Waals surface area (Å²) >= 11 is 0. The number of ether oxygens (including phenoxy) is 4. The van der Waals surface area contributed by atoms with Gasteiger partial charge in [0.25, 0.3) is 0 Å². The van der Waals surface area contributed by atoms with E-state index in [9.17, 15) is 4.79 Å². The first-order valence-corrected chi connectivity index (χ1v) is 11.3. The molecule has 2 heterocycles. The van der Waals surface area contributed by atoms with E-state index in [4.69, 9.17) is 18.9 Å². The van der Waals surface area contributed by atoms with E-state index in [0.717, 1.165) is 53.4 Å². The summed E-state index contributed by atoms with van der Waals surface area (Å²) in [6, 6.07) is 17.6. The Hall–Kier alpha value is -3.77. The van der Waals surface area contributed by atoms with Gasteiger partial charge in [-0.1, -0.05) is 24.3 Å². The maximum atomic E-state index is 13.1. The molecule has 0 N–H and O–H groups in total. The van der Waals surface area contributed by atoms with E-state index in [2.05, 4.69) is 17.0 Å². The molecular weight excluding hydrogens is 430 g/mol. The van der Waals surface area contributed by atoms with Crippen molar-refractivity contribution in [1.29, 1.82) is 0 Å². The summed E-state index contributed by atoms with van der Waals surface area (Å²) in [4.78, 5) is 15.4. The highest BCUT2D eigenvalue weighted by atomic mass is 16.5. The van der Waals surface area contributed by atoms with Crippen molar-refractivity contribution < 1.29 is 23.7 Å². The van der Waals surface area contributed by atoms with Crippen LogP contribution in [-0.2, 0) is 13.0 Å². The Bertz CT molecular complexity index is 1250. The number of carbonyl (C=O) groups excluding carboxylic acids is 1. The van der Waals surface area contributed by atoms with Crippen molar-refractivity contribution in [2.45, 2.75) is 19.9 Å². The first-order chi connectivity index (χ1) is 16.6. The third-order valence-electron chi connectivity index (χ3n) is 6.29.